The lowest BCUT2D eigenvalue weighted by Gasteiger charge is -2.20. The van der Waals surface area contributed by atoms with Gasteiger partial charge in [0.25, 0.3) is 0 Å². The van der Waals surface area contributed by atoms with Crippen molar-refractivity contribution in [1.82, 2.24) is 0 Å². The van der Waals surface area contributed by atoms with Crippen molar-refractivity contribution in [3.8, 4) is 0 Å². The van der Waals surface area contributed by atoms with Gasteiger partial charge in [-0.3, -0.25) is 0 Å². The van der Waals surface area contributed by atoms with Crippen LogP contribution in [-0.4, -0.2) is 94.8 Å². The molecule has 4 aliphatic rings. The van der Waals surface area contributed by atoms with Gasteiger partial charge in [0, 0.05) is 5.92 Å². The van der Waals surface area contributed by atoms with Crippen LogP contribution in [0.2, 0.25) is 0 Å². The Kier molecular flexibility index (Phi) is 4.84. The van der Waals surface area contributed by atoms with Gasteiger partial charge >= 0.3 is 0 Å². The van der Waals surface area contributed by atoms with Gasteiger partial charge in [0.15, 0.2) is 0 Å². The summed E-state index contributed by atoms with van der Waals surface area (Å²) in [7, 11) is 0. The van der Waals surface area contributed by atoms with E-state index in [-0.39, 0.29) is 37.4 Å². The quantitative estimate of drug-likeness (QED) is 0.478. The lowest BCUT2D eigenvalue weighted by Crippen LogP contribution is -2.32. The van der Waals surface area contributed by atoms with Gasteiger partial charge in [0.1, 0.15) is 31.5 Å². The Bertz CT molecular complexity index is 397. The molecule has 4 aliphatic heterocycles. The van der Waals surface area contributed by atoms with E-state index in [0.29, 0.717) is 39.6 Å². The largest absolute Gasteiger partial charge is 0.388 e. The lowest BCUT2D eigenvalue weighted by atomic mass is 10.0. The second kappa shape index (κ2) is 6.89. The normalized spacial score (nSPS) is 42.1. The van der Waals surface area contributed by atoms with E-state index in [2.05, 4.69) is 0 Å². The molecular formula is C15H24O8. The summed E-state index contributed by atoms with van der Waals surface area (Å²) in [5, 5.41) is 9.89. The van der Waals surface area contributed by atoms with Crippen LogP contribution in [0.15, 0.2) is 0 Å². The molecule has 4 rings (SSSR count). The summed E-state index contributed by atoms with van der Waals surface area (Å²) >= 11 is 0. The first-order valence-electron chi connectivity index (χ1n) is 8.20. The number of hydrogen-bond donors (Lipinski definition) is 1. The van der Waals surface area contributed by atoms with E-state index in [9.17, 15) is 5.11 Å². The predicted octanol–water partition coefficient (Wildman–Crippen LogP) is -1.06. The summed E-state index contributed by atoms with van der Waals surface area (Å²) < 4.78 is 37.9. The molecule has 4 saturated heterocycles. The second-order valence-corrected chi connectivity index (χ2v) is 6.61. The minimum Gasteiger partial charge on any atom is -0.388 e. The van der Waals surface area contributed by atoms with Crippen molar-refractivity contribution in [2.24, 2.45) is 5.92 Å². The molecule has 23 heavy (non-hydrogen) atoms. The van der Waals surface area contributed by atoms with Crippen LogP contribution in [0.25, 0.3) is 0 Å². The van der Waals surface area contributed by atoms with Gasteiger partial charge in [-0.1, -0.05) is 0 Å². The monoisotopic (exact) mass is 332 g/mol. The number of fused-ring (bicyclic) bond motifs is 1. The van der Waals surface area contributed by atoms with Crippen molar-refractivity contribution in [2.45, 2.75) is 30.2 Å². The van der Waals surface area contributed by atoms with Crippen LogP contribution in [0.4, 0.5) is 0 Å². The maximum atomic E-state index is 9.89. The van der Waals surface area contributed by atoms with Crippen molar-refractivity contribution in [3.05, 3.63) is 0 Å². The molecule has 132 valence electrons. The molecule has 0 amide bonds. The molecule has 1 N–H and O–H groups in total. The Morgan fingerprint density at radius 3 is 2.74 bits per heavy atom. The Hall–Kier alpha value is -0.320. The first-order valence-corrected chi connectivity index (χ1v) is 8.20. The first kappa shape index (κ1) is 16.2. The zero-order chi connectivity index (χ0) is 15.7. The first-order chi connectivity index (χ1) is 11.2. The van der Waals surface area contributed by atoms with E-state index >= 15 is 0 Å². The van der Waals surface area contributed by atoms with Crippen LogP contribution >= 0.6 is 0 Å². The van der Waals surface area contributed by atoms with E-state index in [1.54, 1.807) is 0 Å². The van der Waals surface area contributed by atoms with Gasteiger partial charge in [0.2, 0.25) is 5.79 Å². The number of ether oxygens (including phenoxy) is 7. The number of aliphatic hydroxyl groups excluding tert-OH is 1. The lowest BCUT2D eigenvalue weighted by molar-refractivity contribution is -0.112. The minimum absolute atomic E-state index is 0.193. The summed E-state index contributed by atoms with van der Waals surface area (Å²) in [4.78, 5) is 0. The van der Waals surface area contributed by atoms with Crippen LogP contribution in [0.5, 0.6) is 0 Å². The second-order valence-electron chi connectivity index (χ2n) is 6.61. The Balaban J connectivity index is 1.04. The topological polar surface area (TPSA) is 94.7 Å². The molecule has 4 heterocycles. The third kappa shape index (κ3) is 4.61. The van der Waals surface area contributed by atoms with Crippen LogP contribution in [-0.2, 0) is 33.2 Å². The fourth-order valence-electron chi connectivity index (χ4n) is 2.73. The third-order valence-electron chi connectivity index (χ3n) is 4.38. The summed E-state index contributed by atoms with van der Waals surface area (Å²) in [6.45, 7) is 4.44. The Morgan fingerprint density at radius 2 is 1.96 bits per heavy atom. The van der Waals surface area contributed by atoms with E-state index < -0.39 is 11.9 Å². The van der Waals surface area contributed by atoms with Gasteiger partial charge in [-0.05, 0) is 0 Å². The SMILES string of the molecule is OC(COCC1COCC2OC12)COCC1(OCC2CO2)CO1. The molecule has 8 heteroatoms. The van der Waals surface area contributed by atoms with Crippen molar-refractivity contribution < 1.29 is 38.3 Å². The van der Waals surface area contributed by atoms with E-state index in [1.807, 2.05) is 0 Å². The van der Waals surface area contributed by atoms with E-state index in [1.165, 1.54) is 0 Å². The molecule has 0 radical (unpaired) electrons. The minimum atomic E-state index is -0.669. The summed E-state index contributed by atoms with van der Waals surface area (Å²) in [5.74, 6) is -0.368. The van der Waals surface area contributed by atoms with Crippen molar-refractivity contribution in [2.75, 3.05) is 59.5 Å². The molecule has 4 fully saturated rings. The highest BCUT2D eigenvalue weighted by atomic mass is 16.8. The molecule has 0 aromatic rings. The number of aliphatic hydroxyl groups is 1. The van der Waals surface area contributed by atoms with Gasteiger partial charge in [-0.15, -0.1) is 0 Å². The smallest absolute Gasteiger partial charge is 0.216 e. The summed E-state index contributed by atoms with van der Waals surface area (Å²) in [6, 6.07) is 0. The van der Waals surface area contributed by atoms with Crippen LogP contribution in [0, 0.1) is 5.92 Å². The van der Waals surface area contributed by atoms with Crippen molar-refractivity contribution in [1.29, 1.82) is 0 Å². The maximum absolute atomic E-state index is 9.89. The molecule has 0 aliphatic carbocycles. The summed E-state index contributed by atoms with van der Waals surface area (Å²) in [6.07, 6.45) is 0.0601. The average molecular weight is 332 g/mol. The molecule has 6 unspecified atom stereocenters. The highest BCUT2D eigenvalue weighted by Gasteiger charge is 2.49. The van der Waals surface area contributed by atoms with Gasteiger partial charge in [-0.25, -0.2) is 0 Å². The number of epoxide rings is 3. The van der Waals surface area contributed by atoms with Crippen molar-refractivity contribution in [3.63, 3.8) is 0 Å². The van der Waals surface area contributed by atoms with Crippen LogP contribution in [0.3, 0.4) is 0 Å². The van der Waals surface area contributed by atoms with Gasteiger partial charge in [0.05, 0.1) is 52.4 Å². The molecule has 0 aromatic heterocycles. The van der Waals surface area contributed by atoms with Gasteiger partial charge in [-0.2, -0.15) is 0 Å². The average Bonchev–Trinajstić information content (AvgIpc) is 3.41. The van der Waals surface area contributed by atoms with E-state index in [4.69, 9.17) is 33.2 Å². The standard InChI is InChI=1S/C15H24O8/c16-11(3-17-1-10-2-18-7-13-14(10)23-13)4-19-8-15(9-22-15)21-6-12-5-20-12/h10-14,16H,1-9H2. The third-order valence-corrected chi connectivity index (χ3v) is 4.38. The molecule has 0 saturated carbocycles. The Labute approximate surface area is 134 Å². The van der Waals surface area contributed by atoms with Crippen molar-refractivity contribution >= 4 is 0 Å². The fraction of sp³-hybridized carbons (Fsp3) is 1.00. The van der Waals surface area contributed by atoms with Crippen LogP contribution in [0.1, 0.15) is 0 Å². The molecule has 6 atom stereocenters. The summed E-state index contributed by atoms with van der Waals surface area (Å²) in [5.41, 5.74) is 0. The van der Waals surface area contributed by atoms with Crippen LogP contribution < -0.4 is 0 Å². The number of hydrogen-bond acceptors (Lipinski definition) is 8. The van der Waals surface area contributed by atoms with Gasteiger partial charge < -0.3 is 38.3 Å². The molecule has 0 bridgehead atoms. The maximum Gasteiger partial charge on any atom is 0.216 e. The predicted molar refractivity (Wildman–Crippen MR) is 75.0 cm³/mol. The Morgan fingerprint density at radius 1 is 1.13 bits per heavy atom. The molecule has 8 nitrogen and oxygen atoms in total. The number of rotatable bonds is 11. The molecule has 0 spiro atoms. The fourth-order valence-corrected chi connectivity index (χ4v) is 2.73. The zero-order valence-corrected chi connectivity index (χ0v) is 13.1. The highest BCUT2D eigenvalue weighted by Crippen LogP contribution is 2.34. The van der Waals surface area contributed by atoms with E-state index in [0.717, 1.165) is 6.61 Å². The highest BCUT2D eigenvalue weighted by molar-refractivity contribution is 4.93. The molecule has 0 aromatic carbocycles. The molecular weight excluding hydrogens is 308 g/mol. The zero-order valence-electron chi connectivity index (χ0n) is 13.1.